The summed E-state index contributed by atoms with van der Waals surface area (Å²) in [6.45, 7) is 1.84. The molecule has 0 unspecified atom stereocenters. The fraction of sp³-hybridized carbons (Fsp3) is 0.200. The van der Waals surface area contributed by atoms with Crippen LogP contribution in [0, 0.1) is 0 Å². The molecule has 0 aliphatic carbocycles. The van der Waals surface area contributed by atoms with Gasteiger partial charge in [-0.1, -0.05) is 18.2 Å². The Labute approximate surface area is 64.3 Å². The smallest absolute Gasteiger partial charge is 0.274 e. The molecule has 0 saturated carbocycles. The Bertz CT molecular complexity index is 168. The molecule has 52 valence electrons. The van der Waals surface area contributed by atoms with Crippen molar-refractivity contribution in [2.75, 3.05) is 0 Å². The first-order valence-corrected chi connectivity index (χ1v) is 5.94. The average molecular weight is 185 g/mol. The summed E-state index contributed by atoms with van der Waals surface area (Å²) < 4.78 is 10.5. The number of rotatable bonds is 2. The Hall–Kier alpha value is 0.290. The minimum Gasteiger partial charge on any atom is -0.285 e. The largest absolute Gasteiger partial charge is 0.285 e. The molecule has 0 aromatic carbocycles. The lowest BCUT2D eigenvalue weighted by molar-refractivity contribution is 0.597. The lowest BCUT2D eigenvalue weighted by Crippen LogP contribution is -1.47. The van der Waals surface area contributed by atoms with Gasteiger partial charge in [-0.15, -0.1) is 0 Å². The second-order valence-electron chi connectivity index (χ2n) is 1.37. The molecule has 0 atom stereocenters. The van der Waals surface area contributed by atoms with Crippen molar-refractivity contribution >= 4 is 28.3 Å². The Kier molecular flexibility index (Phi) is 4.29. The maximum Gasteiger partial charge on any atom is 0.274 e. The molecule has 0 radical (unpaired) electrons. The molecule has 0 aromatic rings. The molecule has 0 fully saturated rings. The summed E-state index contributed by atoms with van der Waals surface area (Å²) in [4.78, 5) is 0. The molecule has 0 aliphatic heterocycles. The summed E-state index contributed by atoms with van der Waals surface area (Å²) in [7, 11) is 0. The van der Waals surface area contributed by atoms with Crippen molar-refractivity contribution in [2.24, 2.45) is 0 Å². The van der Waals surface area contributed by atoms with Gasteiger partial charge in [-0.3, -0.25) is 4.57 Å². The molecule has 4 heteroatoms. The first-order chi connectivity index (χ1) is 4.06. The number of halogens is 2. The molecule has 0 saturated heterocycles. The van der Waals surface area contributed by atoms with E-state index in [1.807, 2.05) is 6.92 Å². The second kappa shape index (κ2) is 4.16. The van der Waals surface area contributed by atoms with Crippen LogP contribution in [0.1, 0.15) is 6.92 Å². The maximum absolute atomic E-state index is 10.5. The Morgan fingerprint density at radius 1 is 1.33 bits per heavy atom. The van der Waals surface area contributed by atoms with Gasteiger partial charge in [0.1, 0.15) is 0 Å². The van der Waals surface area contributed by atoms with E-state index >= 15 is 0 Å². The van der Waals surface area contributed by atoms with Crippen molar-refractivity contribution in [2.45, 2.75) is 6.92 Å². The van der Waals surface area contributed by atoms with Crippen molar-refractivity contribution < 1.29 is 4.57 Å². The first-order valence-electron chi connectivity index (χ1n) is 2.36. The predicted molar refractivity (Wildman–Crippen MR) is 43.3 cm³/mol. The molecule has 9 heavy (non-hydrogen) atoms. The highest BCUT2D eigenvalue weighted by Gasteiger charge is 2.04. The van der Waals surface area contributed by atoms with Crippen molar-refractivity contribution in [3.63, 3.8) is 0 Å². The average Bonchev–Trinajstić information content (AvgIpc) is 1.63. The Morgan fingerprint density at radius 2 is 1.89 bits per heavy atom. The van der Waals surface area contributed by atoms with Crippen LogP contribution in [0.5, 0.6) is 0 Å². The molecule has 1 nitrogen and oxygen atoms in total. The van der Waals surface area contributed by atoms with E-state index in [-0.39, 0.29) is 0 Å². The highest BCUT2D eigenvalue weighted by atomic mass is 35.9. The minimum atomic E-state index is -2.98. The highest BCUT2D eigenvalue weighted by molar-refractivity contribution is 8.10. The van der Waals surface area contributed by atoms with E-state index in [1.165, 1.54) is 5.82 Å². The zero-order valence-electron chi connectivity index (χ0n) is 4.92. The molecule has 0 aromatic heterocycles. The van der Waals surface area contributed by atoms with Crippen molar-refractivity contribution in [3.05, 3.63) is 24.0 Å². The van der Waals surface area contributed by atoms with Crippen LogP contribution in [-0.4, -0.2) is 0 Å². The number of allylic oxidation sites excluding steroid dienone is 3. The second-order valence-corrected chi connectivity index (χ2v) is 6.21. The van der Waals surface area contributed by atoms with Crippen molar-refractivity contribution in [1.82, 2.24) is 0 Å². The van der Waals surface area contributed by atoms with Gasteiger partial charge >= 0.3 is 0 Å². The monoisotopic (exact) mass is 184 g/mol. The van der Waals surface area contributed by atoms with Gasteiger partial charge < -0.3 is 0 Å². The molecular weight excluding hydrogens is 178 g/mol. The minimum absolute atomic E-state index is 1.27. The zero-order valence-corrected chi connectivity index (χ0v) is 7.33. The third-order valence-electron chi connectivity index (χ3n) is 0.563. The molecule has 0 heterocycles. The van der Waals surface area contributed by atoms with Crippen LogP contribution in [0.3, 0.4) is 0 Å². The van der Waals surface area contributed by atoms with E-state index < -0.39 is 5.85 Å². The predicted octanol–water partition coefficient (Wildman–Crippen LogP) is 3.75. The molecule has 0 rings (SSSR count). The number of hydrogen-bond acceptors (Lipinski definition) is 1. The van der Waals surface area contributed by atoms with Crippen molar-refractivity contribution in [1.29, 1.82) is 0 Å². The van der Waals surface area contributed by atoms with Gasteiger partial charge in [0.2, 0.25) is 0 Å². The summed E-state index contributed by atoms with van der Waals surface area (Å²) in [6.07, 6.45) is 5.05. The molecule has 0 spiro atoms. The van der Waals surface area contributed by atoms with Crippen LogP contribution in [0.15, 0.2) is 24.0 Å². The molecule has 0 bridgehead atoms. The topological polar surface area (TPSA) is 17.1 Å². The van der Waals surface area contributed by atoms with Gasteiger partial charge in [0.15, 0.2) is 0 Å². The summed E-state index contributed by atoms with van der Waals surface area (Å²) in [5.41, 5.74) is 0. The summed E-state index contributed by atoms with van der Waals surface area (Å²) >= 11 is 10.3. The van der Waals surface area contributed by atoms with Crippen LogP contribution >= 0.6 is 28.3 Å². The highest BCUT2D eigenvalue weighted by Crippen LogP contribution is 2.57. The van der Waals surface area contributed by atoms with Crippen molar-refractivity contribution in [3.8, 4) is 0 Å². The maximum atomic E-state index is 10.5. The third kappa shape index (κ3) is 8.29. The lowest BCUT2D eigenvalue weighted by atomic mass is 10.5. The lowest BCUT2D eigenvalue weighted by Gasteiger charge is -1.86. The standard InChI is InChI=1S/C5H7Cl2OP/c1-2-3-4-5-9(6,7)8/h2-5H,1H3. The summed E-state index contributed by atoms with van der Waals surface area (Å²) in [6, 6.07) is 0. The fourth-order valence-electron chi connectivity index (χ4n) is 0.261. The van der Waals surface area contributed by atoms with Gasteiger partial charge in [-0.2, -0.15) is 0 Å². The van der Waals surface area contributed by atoms with E-state index in [9.17, 15) is 4.57 Å². The molecule has 0 amide bonds. The van der Waals surface area contributed by atoms with Gasteiger partial charge in [-0.05, 0) is 29.4 Å². The first kappa shape index (κ1) is 9.29. The van der Waals surface area contributed by atoms with E-state index in [0.717, 1.165) is 0 Å². The van der Waals surface area contributed by atoms with Gasteiger partial charge in [0.05, 0.1) is 0 Å². The van der Waals surface area contributed by atoms with E-state index in [1.54, 1.807) is 18.2 Å². The van der Waals surface area contributed by atoms with Gasteiger partial charge in [-0.25, -0.2) is 0 Å². The zero-order chi connectivity index (χ0) is 7.33. The SMILES string of the molecule is CC=CC=CP(=O)(Cl)Cl. The van der Waals surface area contributed by atoms with Crippen LogP contribution in [0.25, 0.3) is 0 Å². The molecule has 0 N–H and O–H groups in total. The molecule has 0 aliphatic rings. The van der Waals surface area contributed by atoms with Gasteiger partial charge in [0, 0.05) is 5.82 Å². The van der Waals surface area contributed by atoms with E-state index in [2.05, 4.69) is 0 Å². The van der Waals surface area contributed by atoms with Crippen LogP contribution in [0.4, 0.5) is 0 Å². The van der Waals surface area contributed by atoms with Crippen LogP contribution in [-0.2, 0) is 4.57 Å². The number of hydrogen-bond donors (Lipinski definition) is 0. The fourth-order valence-corrected chi connectivity index (χ4v) is 0.951. The van der Waals surface area contributed by atoms with E-state index in [0.29, 0.717) is 0 Å². The summed E-state index contributed by atoms with van der Waals surface area (Å²) in [5.74, 6) is -1.71. The third-order valence-corrected chi connectivity index (χ3v) is 1.76. The van der Waals surface area contributed by atoms with Gasteiger partial charge in [0.25, 0.3) is 5.85 Å². The molecular formula is C5H7Cl2OP. The van der Waals surface area contributed by atoms with E-state index in [4.69, 9.17) is 22.5 Å². The summed E-state index contributed by atoms with van der Waals surface area (Å²) in [5, 5.41) is 0. The van der Waals surface area contributed by atoms with Crippen LogP contribution in [0.2, 0.25) is 0 Å². The normalized spacial score (nSPS) is 13.7. The Morgan fingerprint density at radius 3 is 2.22 bits per heavy atom. The van der Waals surface area contributed by atoms with Crippen LogP contribution < -0.4 is 0 Å². The quantitative estimate of drug-likeness (QED) is 0.472. The Balaban J connectivity index is 3.86.